The minimum atomic E-state index is -0.0102. The van der Waals surface area contributed by atoms with E-state index in [4.69, 9.17) is 4.42 Å². The first-order valence-corrected chi connectivity index (χ1v) is 5.59. The number of hydrogen-bond acceptors (Lipinski definition) is 4. The Bertz CT molecular complexity index is 375. The van der Waals surface area contributed by atoms with Crippen molar-refractivity contribution in [2.45, 2.75) is 25.8 Å². The third kappa shape index (κ3) is 1.95. The average molecular weight is 223 g/mol. The molecule has 0 aliphatic carbocycles. The van der Waals surface area contributed by atoms with E-state index in [9.17, 15) is 4.79 Å². The van der Waals surface area contributed by atoms with Crippen LogP contribution in [-0.4, -0.2) is 42.0 Å². The second-order valence-electron chi connectivity index (χ2n) is 4.11. The molecule has 1 aliphatic rings. The number of likely N-dealkylation sites (N-methyl/N-ethyl adjacent to an activating group) is 1. The number of oxazole rings is 1. The van der Waals surface area contributed by atoms with E-state index in [0.29, 0.717) is 11.5 Å². The van der Waals surface area contributed by atoms with Crippen molar-refractivity contribution in [3.8, 4) is 0 Å². The summed E-state index contributed by atoms with van der Waals surface area (Å²) in [6.45, 7) is 3.42. The number of rotatable bonds is 3. The van der Waals surface area contributed by atoms with Gasteiger partial charge in [-0.3, -0.25) is 4.79 Å². The summed E-state index contributed by atoms with van der Waals surface area (Å²) in [6, 6.07) is 0.286. The Morgan fingerprint density at radius 1 is 1.75 bits per heavy atom. The molecule has 0 spiro atoms. The SMILES string of the molecule is CNCC1CCCN1C(=O)c1ncoc1C. The monoisotopic (exact) mass is 223 g/mol. The van der Waals surface area contributed by atoms with Gasteiger partial charge in [-0.25, -0.2) is 4.98 Å². The van der Waals surface area contributed by atoms with Crippen LogP contribution >= 0.6 is 0 Å². The van der Waals surface area contributed by atoms with Crippen LogP contribution in [0.1, 0.15) is 29.1 Å². The second-order valence-corrected chi connectivity index (χ2v) is 4.11. The number of carbonyl (C=O) groups is 1. The van der Waals surface area contributed by atoms with Crippen LogP contribution < -0.4 is 5.32 Å². The van der Waals surface area contributed by atoms with E-state index < -0.39 is 0 Å². The largest absolute Gasteiger partial charge is 0.448 e. The van der Waals surface area contributed by atoms with E-state index in [0.717, 1.165) is 25.9 Å². The molecule has 1 unspecified atom stereocenters. The van der Waals surface area contributed by atoms with Crippen LogP contribution in [0.25, 0.3) is 0 Å². The van der Waals surface area contributed by atoms with Gasteiger partial charge in [-0.2, -0.15) is 0 Å². The van der Waals surface area contributed by atoms with Crippen molar-refractivity contribution >= 4 is 5.91 Å². The molecule has 1 aromatic heterocycles. The molecule has 0 aromatic carbocycles. The van der Waals surface area contributed by atoms with E-state index in [1.165, 1.54) is 6.39 Å². The smallest absolute Gasteiger partial charge is 0.276 e. The molecule has 1 aliphatic heterocycles. The molecule has 1 saturated heterocycles. The highest BCUT2D eigenvalue weighted by Crippen LogP contribution is 2.20. The predicted octanol–water partition coefficient (Wildman–Crippen LogP) is 0.807. The number of likely N-dealkylation sites (tertiary alicyclic amines) is 1. The van der Waals surface area contributed by atoms with Gasteiger partial charge in [-0.05, 0) is 26.8 Å². The number of carbonyl (C=O) groups excluding carboxylic acids is 1. The Morgan fingerprint density at radius 3 is 3.19 bits per heavy atom. The van der Waals surface area contributed by atoms with Gasteiger partial charge in [-0.15, -0.1) is 0 Å². The standard InChI is InChI=1S/C11H17N3O2/c1-8-10(13-7-16-8)11(15)14-5-3-4-9(14)6-12-2/h7,9,12H,3-6H2,1-2H3. The molecule has 2 rings (SSSR count). The summed E-state index contributed by atoms with van der Waals surface area (Å²) in [5.74, 6) is 0.587. The lowest BCUT2D eigenvalue weighted by molar-refractivity contribution is 0.0730. The highest BCUT2D eigenvalue weighted by Gasteiger charge is 2.30. The maximum Gasteiger partial charge on any atom is 0.276 e. The molecule has 0 bridgehead atoms. The minimum absolute atomic E-state index is 0.0102. The van der Waals surface area contributed by atoms with E-state index in [-0.39, 0.29) is 11.9 Å². The molecule has 88 valence electrons. The lowest BCUT2D eigenvalue weighted by Crippen LogP contribution is -2.41. The van der Waals surface area contributed by atoms with Crippen LogP contribution in [0.2, 0.25) is 0 Å². The van der Waals surface area contributed by atoms with E-state index >= 15 is 0 Å². The van der Waals surface area contributed by atoms with Gasteiger partial charge in [0, 0.05) is 19.1 Å². The van der Waals surface area contributed by atoms with Crippen molar-refractivity contribution in [3.05, 3.63) is 17.8 Å². The first-order valence-electron chi connectivity index (χ1n) is 5.59. The van der Waals surface area contributed by atoms with Crippen molar-refractivity contribution in [2.24, 2.45) is 0 Å². The lowest BCUT2D eigenvalue weighted by atomic mass is 10.2. The fraction of sp³-hybridized carbons (Fsp3) is 0.636. The number of hydrogen-bond donors (Lipinski definition) is 1. The molecular formula is C11H17N3O2. The summed E-state index contributed by atoms with van der Waals surface area (Å²) in [5, 5.41) is 3.12. The van der Waals surface area contributed by atoms with Gasteiger partial charge in [0.15, 0.2) is 12.1 Å². The van der Waals surface area contributed by atoms with Crippen molar-refractivity contribution in [1.29, 1.82) is 0 Å². The average Bonchev–Trinajstić information content (AvgIpc) is 2.87. The molecule has 5 nitrogen and oxygen atoms in total. The lowest BCUT2D eigenvalue weighted by Gasteiger charge is -2.23. The summed E-state index contributed by atoms with van der Waals surface area (Å²) in [4.78, 5) is 18.1. The maximum atomic E-state index is 12.2. The molecule has 16 heavy (non-hydrogen) atoms. The Morgan fingerprint density at radius 2 is 2.56 bits per heavy atom. The van der Waals surface area contributed by atoms with Gasteiger partial charge in [0.05, 0.1) is 0 Å². The summed E-state index contributed by atoms with van der Waals surface area (Å²) >= 11 is 0. The maximum absolute atomic E-state index is 12.2. The van der Waals surface area contributed by atoms with Crippen molar-refractivity contribution in [1.82, 2.24) is 15.2 Å². The summed E-state index contributed by atoms with van der Waals surface area (Å²) in [7, 11) is 1.91. The van der Waals surface area contributed by atoms with E-state index in [2.05, 4.69) is 10.3 Å². The van der Waals surface area contributed by atoms with Crippen LogP contribution in [-0.2, 0) is 0 Å². The van der Waals surface area contributed by atoms with Gasteiger partial charge < -0.3 is 14.6 Å². The number of nitrogens with one attached hydrogen (secondary N) is 1. The van der Waals surface area contributed by atoms with Crippen LogP contribution in [0.5, 0.6) is 0 Å². The highest BCUT2D eigenvalue weighted by atomic mass is 16.3. The van der Waals surface area contributed by atoms with Crippen molar-refractivity contribution in [3.63, 3.8) is 0 Å². The zero-order valence-electron chi connectivity index (χ0n) is 9.69. The molecule has 5 heteroatoms. The molecule has 0 radical (unpaired) electrons. The summed E-state index contributed by atoms with van der Waals surface area (Å²) in [6.07, 6.45) is 3.45. The summed E-state index contributed by atoms with van der Waals surface area (Å²) < 4.78 is 5.07. The molecule has 1 fully saturated rings. The molecule has 1 atom stereocenters. The first-order chi connectivity index (χ1) is 7.74. The Balaban J connectivity index is 2.12. The zero-order valence-corrected chi connectivity index (χ0v) is 9.69. The topological polar surface area (TPSA) is 58.4 Å². The number of amides is 1. The van der Waals surface area contributed by atoms with Crippen molar-refractivity contribution < 1.29 is 9.21 Å². The number of nitrogens with zero attached hydrogens (tertiary/aromatic N) is 2. The third-order valence-corrected chi connectivity index (χ3v) is 3.03. The molecular weight excluding hydrogens is 206 g/mol. The molecule has 1 aromatic rings. The highest BCUT2D eigenvalue weighted by molar-refractivity contribution is 5.93. The third-order valence-electron chi connectivity index (χ3n) is 3.03. The van der Waals surface area contributed by atoms with Gasteiger partial charge in [0.1, 0.15) is 5.76 Å². The van der Waals surface area contributed by atoms with Gasteiger partial charge in [0.2, 0.25) is 0 Å². The van der Waals surface area contributed by atoms with Crippen LogP contribution in [0.3, 0.4) is 0 Å². The predicted molar refractivity (Wildman–Crippen MR) is 59.2 cm³/mol. The fourth-order valence-electron chi connectivity index (χ4n) is 2.20. The molecule has 1 N–H and O–H groups in total. The van der Waals surface area contributed by atoms with E-state index in [1.54, 1.807) is 6.92 Å². The van der Waals surface area contributed by atoms with Gasteiger partial charge in [0.25, 0.3) is 5.91 Å². The Hall–Kier alpha value is -1.36. The van der Waals surface area contributed by atoms with Crippen LogP contribution in [0.4, 0.5) is 0 Å². The van der Waals surface area contributed by atoms with Crippen LogP contribution in [0.15, 0.2) is 10.8 Å². The van der Waals surface area contributed by atoms with Gasteiger partial charge >= 0.3 is 0 Å². The van der Waals surface area contributed by atoms with Gasteiger partial charge in [-0.1, -0.05) is 0 Å². The summed E-state index contributed by atoms with van der Waals surface area (Å²) in [5.41, 5.74) is 0.447. The van der Waals surface area contributed by atoms with Crippen molar-refractivity contribution in [2.75, 3.05) is 20.1 Å². The molecule has 0 saturated carbocycles. The fourth-order valence-corrected chi connectivity index (χ4v) is 2.20. The van der Waals surface area contributed by atoms with Crippen LogP contribution in [0, 0.1) is 6.92 Å². The second kappa shape index (κ2) is 4.65. The molecule has 2 heterocycles. The zero-order chi connectivity index (χ0) is 11.5. The Labute approximate surface area is 94.8 Å². The normalized spacial score (nSPS) is 20.4. The molecule has 1 amide bonds. The number of aromatic nitrogens is 1. The minimum Gasteiger partial charge on any atom is -0.448 e. The Kier molecular flexibility index (Phi) is 3.24. The number of aryl methyl sites for hydroxylation is 1. The quantitative estimate of drug-likeness (QED) is 0.823. The first kappa shape index (κ1) is 11.1. The van der Waals surface area contributed by atoms with E-state index in [1.807, 2.05) is 11.9 Å².